The Balaban J connectivity index is 1.89. The number of hydrogen-bond donors (Lipinski definition) is 1. The van der Waals surface area contributed by atoms with Crippen LogP contribution in [0, 0.1) is 0 Å². The number of carbonyl (C=O) groups is 1. The molecule has 0 saturated heterocycles. The molecule has 0 unspecified atom stereocenters. The number of benzene rings is 2. The Bertz CT molecular complexity index is 962. The molecule has 0 radical (unpaired) electrons. The first-order chi connectivity index (χ1) is 13.1. The van der Waals surface area contributed by atoms with Crippen molar-refractivity contribution in [1.29, 1.82) is 0 Å². The Morgan fingerprint density at radius 1 is 0.889 bits per heavy atom. The predicted octanol–water partition coefficient (Wildman–Crippen LogP) is 3.52. The van der Waals surface area contributed by atoms with E-state index in [4.69, 9.17) is 18.9 Å². The first-order valence-corrected chi connectivity index (χ1v) is 8.14. The Kier molecular flexibility index (Phi) is 5.30. The van der Waals surface area contributed by atoms with E-state index in [0.29, 0.717) is 28.5 Å². The van der Waals surface area contributed by atoms with E-state index in [2.05, 4.69) is 10.3 Å². The lowest BCUT2D eigenvalue weighted by Crippen LogP contribution is -2.13. The molecule has 140 valence electrons. The number of fused-ring (bicyclic) bond motifs is 1. The van der Waals surface area contributed by atoms with Crippen molar-refractivity contribution >= 4 is 22.5 Å². The summed E-state index contributed by atoms with van der Waals surface area (Å²) < 4.78 is 21.1. The Morgan fingerprint density at radius 3 is 2.19 bits per heavy atom. The van der Waals surface area contributed by atoms with Crippen LogP contribution in [-0.4, -0.2) is 39.3 Å². The van der Waals surface area contributed by atoms with Gasteiger partial charge in [-0.15, -0.1) is 0 Å². The maximum absolute atomic E-state index is 12.7. The number of carbonyl (C=O) groups excluding carboxylic acids is 1. The molecule has 0 bridgehead atoms. The number of hydrogen-bond acceptors (Lipinski definition) is 6. The monoisotopic (exact) mass is 368 g/mol. The minimum absolute atomic E-state index is 0.316. The molecule has 3 rings (SSSR count). The summed E-state index contributed by atoms with van der Waals surface area (Å²) in [4.78, 5) is 17.0. The van der Waals surface area contributed by atoms with Gasteiger partial charge in [-0.1, -0.05) is 0 Å². The number of methoxy groups -OCH3 is 4. The van der Waals surface area contributed by atoms with Crippen molar-refractivity contribution in [3.05, 3.63) is 48.2 Å². The molecule has 0 atom stereocenters. The van der Waals surface area contributed by atoms with Gasteiger partial charge in [0.2, 0.25) is 5.75 Å². The van der Waals surface area contributed by atoms with E-state index in [1.807, 2.05) is 24.3 Å². The van der Waals surface area contributed by atoms with Crippen molar-refractivity contribution in [3.63, 3.8) is 0 Å². The van der Waals surface area contributed by atoms with Gasteiger partial charge in [-0.2, -0.15) is 0 Å². The highest BCUT2D eigenvalue weighted by atomic mass is 16.5. The second-order valence-electron chi connectivity index (χ2n) is 5.65. The average Bonchev–Trinajstić information content (AvgIpc) is 2.71. The molecule has 0 spiro atoms. The molecule has 1 aromatic heterocycles. The van der Waals surface area contributed by atoms with Gasteiger partial charge >= 0.3 is 0 Å². The Labute approximate surface area is 156 Å². The summed E-state index contributed by atoms with van der Waals surface area (Å²) in [6.07, 6.45) is 1.59. The van der Waals surface area contributed by atoms with Crippen molar-refractivity contribution < 1.29 is 23.7 Å². The fourth-order valence-electron chi connectivity index (χ4n) is 2.71. The fourth-order valence-corrected chi connectivity index (χ4v) is 2.71. The number of nitrogens with zero attached hydrogens (tertiary/aromatic N) is 1. The van der Waals surface area contributed by atoms with E-state index in [0.717, 1.165) is 16.7 Å². The molecule has 7 nitrogen and oxygen atoms in total. The molecule has 7 heteroatoms. The standard InChI is InChI=1S/C20H20N2O5/c1-24-15-6-5-12-7-14(11-21-16(12)10-15)22-20(23)13-8-17(25-2)19(27-4)18(9-13)26-3/h5-11H,1-4H3,(H,22,23). The SMILES string of the molecule is COc1ccc2cc(NC(=O)c3cc(OC)c(OC)c(OC)c3)cnc2c1. The van der Waals surface area contributed by atoms with Crippen molar-refractivity contribution in [2.75, 3.05) is 33.8 Å². The highest BCUT2D eigenvalue weighted by Gasteiger charge is 2.17. The maximum Gasteiger partial charge on any atom is 0.255 e. The lowest BCUT2D eigenvalue weighted by Gasteiger charge is -2.14. The zero-order valence-corrected chi connectivity index (χ0v) is 15.5. The molecular formula is C20H20N2O5. The molecule has 0 saturated carbocycles. The lowest BCUT2D eigenvalue weighted by molar-refractivity contribution is 0.102. The van der Waals surface area contributed by atoms with Crippen LogP contribution in [0.25, 0.3) is 10.9 Å². The minimum atomic E-state index is -0.316. The molecule has 1 heterocycles. The van der Waals surface area contributed by atoms with Gasteiger partial charge in [0.1, 0.15) is 5.75 Å². The van der Waals surface area contributed by atoms with Crippen LogP contribution in [0.2, 0.25) is 0 Å². The Hall–Kier alpha value is -3.48. The van der Waals surface area contributed by atoms with Crippen LogP contribution < -0.4 is 24.3 Å². The van der Waals surface area contributed by atoms with Gasteiger partial charge in [-0.05, 0) is 30.3 Å². The summed E-state index contributed by atoms with van der Waals surface area (Å²) in [5.74, 6) is 1.66. The third-order valence-corrected chi connectivity index (χ3v) is 4.08. The van der Waals surface area contributed by atoms with Gasteiger partial charge in [0.25, 0.3) is 5.91 Å². The summed E-state index contributed by atoms with van der Waals surface area (Å²) in [7, 11) is 6.12. The first kappa shape index (κ1) is 18.3. The van der Waals surface area contributed by atoms with Crippen LogP contribution in [0.3, 0.4) is 0 Å². The van der Waals surface area contributed by atoms with Crippen LogP contribution in [0.15, 0.2) is 42.6 Å². The molecule has 1 amide bonds. The quantitative estimate of drug-likeness (QED) is 0.717. The van der Waals surface area contributed by atoms with Crippen molar-refractivity contribution in [1.82, 2.24) is 4.98 Å². The topological polar surface area (TPSA) is 78.9 Å². The molecule has 0 fully saturated rings. The summed E-state index contributed by atoms with van der Waals surface area (Å²) in [5.41, 5.74) is 1.73. The minimum Gasteiger partial charge on any atom is -0.497 e. The number of amides is 1. The highest BCUT2D eigenvalue weighted by Crippen LogP contribution is 2.38. The number of nitrogens with one attached hydrogen (secondary N) is 1. The molecule has 2 aromatic carbocycles. The van der Waals surface area contributed by atoms with Crippen LogP contribution in [0.5, 0.6) is 23.0 Å². The molecule has 3 aromatic rings. The smallest absolute Gasteiger partial charge is 0.255 e. The second kappa shape index (κ2) is 7.82. The maximum atomic E-state index is 12.7. The molecule has 0 aliphatic carbocycles. The summed E-state index contributed by atoms with van der Waals surface area (Å²) in [6.45, 7) is 0. The van der Waals surface area contributed by atoms with E-state index in [1.165, 1.54) is 21.3 Å². The predicted molar refractivity (Wildman–Crippen MR) is 102 cm³/mol. The first-order valence-electron chi connectivity index (χ1n) is 8.14. The van der Waals surface area contributed by atoms with E-state index in [-0.39, 0.29) is 5.91 Å². The number of pyridine rings is 1. The molecule has 27 heavy (non-hydrogen) atoms. The van der Waals surface area contributed by atoms with Crippen molar-refractivity contribution in [2.24, 2.45) is 0 Å². The molecular weight excluding hydrogens is 348 g/mol. The van der Waals surface area contributed by atoms with Gasteiger partial charge in [0.15, 0.2) is 11.5 Å². The average molecular weight is 368 g/mol. The second-order valence-corrected chi connectivity index (χ2v) is 5.65. The van der Waals surface area contributed by atoms with E-state index in [1.54, 1.807) is 25.4 Å². The normalized spacial score (nSPS) is 10.4. The van der Waals surface area contributed by atoms with E-state index >= 15 is 0 Å². The van der Waals surface area contributed by atoms with Gasteiger partial charge < -0.3 is 24.3 Å². The highest BCUT2D eigenvalue weighted by molar-refractivity contribution is 6.05. The summed E-state index contributed by atoms with van der Waals surface area (Å²) in [5, 5.41) is 3.72. The third-order valence-electron chi connectivity index (χ3n) is 4.08. The fraction of sp³-hybridized carbons (Fsp3) is 0.200. The van der Waals surface area contributed by atoms with Crippen LogP contribution in [0.1, 0.15) is 10.4 Å². The van der Waals surface area contributed by atoms with Gasteiger partial charge in [-0.3, -0.25) is 9.78 Å². The molecule has 0 aliphatic rings. The van der Waals surface area contributed by atoms with Gasteiger partial charge in [0, 0.05) is 17.0 Å². The zero-order chi connectivity index (χ0) is 19.4. The number of anilines is 1. The molecule has 1 N–H and O–H groups in total. The number of rotatable bonds is 6. The van der Waals surface area contributed by atoms with Crippen molar-refractivity contribution in [3.8, 4) is 23.0 Å². The van der Waals surface area contributed by atoms with Crippen LogP contribution in [-0.2, 0) is 0 Å². The largest absolute Gasteiger partial charge is 0.497 e. The zero-order valence-electron chi connectivity index (χ0n) is 15.5. The van der Waals surface area contributed by atoms with Crippen molar-refractivity contribution in [2.45, 2.75) is 0 Å². The third kappa shape index (κ3) is 3.72. The summed E-state index contributed by atoms with van der Waals surface area (Å²) in [6, 6.07) is 10.6. The number of ether oxygens (including phenoxy) is 4. The molecule has 0 aliphatic heterocycles. The van der Waals surface area contributed by atoms with E-state index < -0.39 is 0 Å². The van der Waals surface area contributed by atoms with E-state index in [9.17, 15) is 4.79 Å². The summed E-state index contributed by atoms with van der Waals surface area (Å²) >= 11 is 0. The van der Waals surface area contributed by atoms with Gasteiger partial charge in [-0.25, -0.2) is 0 Å². The lowest BCUT2D eigenvalue weighted by atomic mass is 10.1. The van der Waals surface area contributed by atoms with Gasteiger partial charge in [0.05, 0.1) is 45.8 Å². The van der Waals surface area contributed by atoms with Crippen LogP contribution >= 0.6 is 0 Å². The Morgan fingerprint density at radius 2 is 1.59 bits per heavy atom. The van der Waals surface area contributed by atoms with Crippen LogP contribution in [0.4, 0.5) is 5.69 Å². The number of aromatic nitrogens is 1.